The Kier molecular flexibility index (Phi) is 8.12. The Hall–Kier alpha value is -3.59. The molecule has 1 atom stereocenters. The van der Waals surface area contributed by atoms with Gasteiger partial charge in [0.25, 0.3) is 0 Å². The normalized spacial score (nSPS) is 12.3. The van der Waals surface area contributed by atoms with Gasteiger partial charge >= 0.3 is 12.1 Å². The minimum Gasteiger partial charge on any atom is -0.482 e. The zero-order chi connectivity index (χ0) is 24.7. The van der Waals surface area contributed by atoms with Crippen LogP contribution in [0.15, 0.2) is 60.7 Å². The first kappa shape index (κ1) is 25.0. The summed E-state index contributed by atoms with van der Waals surface area (Å²) in [7, 11) is 0. The number of pyridine rings is 1. The van der Waals surface area contributed by atoms with E-state index in [0.29, 0.717) is 40.6 Å². The molecule has 0 unspecified atom stereocenters. The second-order valence-electron chi connectivity index (χ2n) is 7.40. The minimum absolute atomic E-state index is 0.205. The van der Waals surface area contributed by atoms with Crippen LogP contribution in [0.1, 0.15) is 29.8 Å². The van der Waals surface area contributed by atoms with Gasteiger partial charge in [0, 0.05) is 12.2 Å². The topological polar surface area (TPSA) is 77.9 Å². The number of nitrogens with zero attached hydrogens (tertiary/aromatic N) is 1. The zero-order valence-electron chi connectivity index (χ0n) is 18.6. The van der Waals surface area contributed by atoms with Gasteiger partial charge in [0.15, 0.2) is 12.7 Å². The van der Waals surface area contributed by atoms with Crippen LogP contribution in [0.25, 0.3) is 11.3 Å². The van der Waals surface area contributed by atoms with Crippen molar-refractivity contribution in [1.29, 1.82) is 0 Å². The first-order valence-corrected chi connectivity index (χ1v) is 10.5. The number of hydrogen-bond acceptors (Lipinski definition) is 5. The molecule has 0 amide bonds. The standard InChI is InChI=1S/C25H24F3NO5/c1-3-32-14-23(34-19-11-12-22(16(2)13-19)33-15-24(30)31)21-6-4-5-20(29-21)17-7-9-18(10-8-17)25(26,27)28/h4-13,23H,3,14-15H2,1-2H3,(H,30,31)/t23-/m1/s1. The molecule has 0 aliphatic carbocycles. The zero-order valence-corrected chi connectivity index (χ0v) is 18.6. The highest BCUT2D eigenvalue weighted by Gasteiger charge is 2.30. The number of ether oxygens (including phenoxy) is 3. The highest BCUT2D eigenvalue weighted by Crippen LogP contribution is 2.31. The summed E-state index contributed by atoms with van der Waals surface area (Å²) < 4.78 is 55.5. The summed E-state index contributed by atoms with van der Waals surface area (Å²) in [5.41, 5.74) is 1.57. The van der Waals surface area contributed by atoms with Crippen LogP contribution in [0, 0.1) is 6.92 Å². The van der Waals surface area contributed by atoms with Crippen LogP contribution >= 0.6 is 0 Å². The maximum atomic E-state index is 12.9. The number of halogens is 3. The van der Waals surface area contributed by atoms with E-state index in [2.05, 4.69) is 4.98 Å². The van der Waals surface area contributed by atoms with Gasteiger partial charge in [-0.15, -0.1) is 0 Å². The molecule has 0 bridgehead atoms. The Morgan fingerprint density at radius 2 is 1.82 bits per heavy atom. The fourth-order valence-corrected chi connectivity index (χ4v) is 3.19. The van der Waals surface area contributed by atoms with Gasteiger partial charge in [0.05, 0.1) is 23.6 Å². The quantitative estimate of drug-likeness (QED) is 0.406. The summed E-state index contributed by atoms with van der Waals surface area (Å²) in [6, 6.07) is 15.0. The summed E-state index contributed by atoms with van der Waals surface area (Å²) >= 11 is 0. The van der Waals surface area contributed by atoms with Crippen molar-refractivity contribution < 1.29 is 37.3 Å². The summed E-state index contributed by atoms with van der Waals surface area (Å²) in [4.78, 5) is 15.3. The first-order valence-electron chi connectivity index (χ1n) is 10.5. The number of aromatic nitrogens is 1. The number of carbonyl (C=O) groups is 1. The van der Waals surface area contributed by atoms with Gasteiger partial charge in [-0.05, 0) is 61.9 Å². The molecule has 0 spiro atoms. The molecule has 1 N–H and O–H groups in total. The Morgan fingerprint density at radius 1 is 1.09 bits per heavy atom. The van der Waals surface area contributed by atoms with Gasteiger partial charge in [-0.1, -0.05) is 18.2 Å². The van der Waals surface area contributed by atoms with Crippen molar-refractivity contribution in [2.75, 3.05) is 19.8 Å². The molecule has 2 aromatic carbocycles. The molecule has 6 nitrogen and oxygen atoms in total. The van der Waals surface area contributed by atoms with Crippen LogP contribution in [0.4, 0.5) is 13.2 Å². The van der Waals surface area contributed by atoms with Crippen molar-refractivity contribution in [3.63, 3.8) is 0 Å². The maximum absolute atomic E-state index is 12.9. The predicted molar refractivity (Wildman–Crippen MR) is 119 cm³/mol. The molecule has 3 rings (SSSR count). The fourth-order valence-electron chi connectivity index (χ4n) is 3.19. The molecule has 0 aliphatic heterocycles. The first-order chi connectivity index (χ1) is 16.2. The van der Waals surface area contributed by atoms with Crippen molar-refractivity contribution in [3.05, 3.63) is 77.5 Å². The van der Waals surface area contributed by atoms with Gasteiger partial charge in [-0.2, -0.15) is 13.2 Å². The van der Waals surface area contributed by atoms with Crippen LogP contribution in [0.3, 0.4) is 0 Å². The van der Waals surface area contributed by atoms with Crippen LogP contribution < -0.4 is 9.47 Å². The molecular formula is C25H24F3NO5. The van der Waals surface area contributed by atoms with Crippen molar-refractivity contribution in [2.24, 2.45) is 0 Å². The third-order valence-corrected chi connectivity index (χ3v) is 4.86. The number of alkyl halides is 3. The smallest absolute Gasteiger partial charge is 0.416 e. The minimum atomic E-state index is -4.41. The van der Waals surface area contributed by atoms with E-state index < -0.39 is 30.4 Å². The monoisotopic (exact) mass is 475 g/mol. The molecular weight excluding hydrogens is 451 g/mol. The Morgan fingerprint density at radius 3 is 2.44 bits per heavy atom. The lowest BCUT2D eigenvalue weighted by atomic mass is 10.1. The lowest BCUT2D eigenvalue weighted by Gasteiger charge is -2.20. The molecule has 0 aliphatic rings. The van der Waals surface area contributed by atoms with Crippen LogP contribution in [-0.2, 0) is 15.7 Å². The highest BCUT2D eigenvalue weighted by molar-refractivity contribution is 5.68. The molecule has 0 radical (unpaired) electrons. The van der Waals surface area contributed by atoms with E-state index in [-0.39, 0.29) is 6.61 Å². The highest BCUT2D eigenvalue weighted by atomic mass is 19.4. The van der Waals surface area contributed by atoms with Gasteiger partial charge < -0.3 is 19.3 Å². The summed E-state index contributed by atoms with van der Waals surface area (Å²) in [5.74, 6) is -0.138. The van der Waals surface area contributed by atoms with E-state index in [4.69, 9.17) is 19.3 Å². The van der Waals surface area contributed by atoms with Crippen LogP contribution in [-0.4, -0.2) is 35.9 Å². The number of aliphatic carboxylic acids is 1. The third-order valence-electron chi connectivity index (χ3n) is 4.86. The van der Waals surface area contributed by atoms with Gasteiger partial charge in [-0.3, -0.25) is 0 Å². The van der Waals surface area contributed by atoms with Crippen molar-refractivity contribution in [3.8, 4) is 22.8 Å². The molecule has 34 heavy (non-hydrogen) atoms. The van der Waals surface area contributed by atoms with Crippen molar-refractivity contribution >= 4 is 5.97 Å². The van der Waals surface area contributed by atoms with Crippen LogP contribution in [0.2, 0.25) is 0 Å². The van der Waals surface area contributed by atoms with Gasteiger partial charge in [-0.25, -0.2) is 9.78 Å². The summed E-state index contributed by atoms with van der Waals surface area (Å²) in [5, 5.41) is 8.78. The molecule has 1 heterocycles. The molecule has 1 aromatic heterocycles. The number of aryl methyl sites for hydroxylation is 1. The Balaban J connectivity index is 1.83. The molecule has 0 saturated carbocycles. The summed E-state index contributed by atoms with van der Waals surface area (Å²) in [6.07, 6.45) is -4.99. The Labute approximate surface area is 194 Å². The molecule has 9 heteroatoms. The number of carboxylic acids is 1. The average Bonchev–Trinajstić information content (AvgIpc) is 2.80. The largest absolute Gasteiger partial charge is 0.482 e. The Bertz CT molecular complexity index is 1120. The van der Waals surface area contributed by atoms with E-state index >= 15 is 0 Å². The lowest BCUT2D eigenvalue weighted by molar-refractivity contribution is -0.139. The molecule has 0 fully saturated rings. The van der Waals surface area contributed by atoms with E-state index in [1.165, 1.54) is 12.1 Å². The molecule has 0 saturated heterocycles. The van der Waals surface area contributed by atoms with Crippen LogP contribution in [0.5, 0.6) is 11.5 Å². The van der Waals surface area contributed by atoms with Crippen molar-refractivity contribution in [1.82, 2.24) is 4.98 Å². The fraction of sp³-hybridized carbons (Fsp3) is 0.280. The van der Waals surface area contributed by atoms with E-state index in [1.807, 2.05) is 6.92 Å². The second kappa shape index (κ2) is 11.0. The number of hydrogen-bond donors (Lipinski definition) is 1. The third kappa shape index (κ3) is 6.71. The predicted octanol–water partition coefficient (Wildman–Crippen LogP) is 5.70. The number of rotatable bonds is 10. The number of carboxylic acid groups (broad SMARTS) is 1. The van der Waals surface area contributed by atoms with Crippen molar-refractivity contribution in [2.45, 2.75) is 26.1 Å². The SMILES string of the molecule is CCOC[C@@H](Oc1ccc(OCC(=O)O)c(C)c1)c1cccc(-c2ccc(C(F)(F)F)cc2)n1. The van der Waals surface area contributed by atoms with E-state index in [9.17, 15) is 18.0 Å². The average molecular weight is 475 g/mol. The number of benzene rings is 2. The lowest BCUT2D eigenvalue weighted by Crippen LogP contribution is -2.16. The molecule has 3 aromatic rings. The van der Waals surface area contributed by atoms with Gasteiger partial charge in [0.2, 0.25) is 0 Å². The second-order valence-corrected chi connectivity index (χ2v) is 7.40. The van der Waals surface area contributed by atoms with Gasteiger partial charge in [0.1, 0.15) is 11.5 Å². The molecule has 180 valence electrons. The van der Waals surface area contributed by atoms with E-state index in [1.54, 1.807) is 43.3 Å². The van der Waals surface area contributed by atoms with E-state index in [0.717, 1.165) is 12.1 Å². The summed E-state index contributed by atoms with van der Waals surface area (Å²) in [6.45, 7) is 3.83. The maximum Gasteiger partial charge on any atom is 0.416 e.